The van der Waals surface area contributed by atoms with Crippen molar-refractivity contribution >= 4 is 16.0 Å². The van der Waals surface area contributed by atoms with Crippen LogP contribution in [0.25, 0.3) is 17.1 Å². The highest BCUT2D eigenvalue weighted by molar-refractivity contribution is 7.93. The molecule has 0 spiro atoms. The van der Waals surface area contributed by atoms with Gasteiger partial charge in [0.05, 0.1) is 7.11 Å². The van der Waals surface area contributed by atoms with Crippen LogP contribution in [0.5, 0.6) is 11.5 Å². The van der Waals surface area contributed by atoms with Gasteiger partial charge in [0.1, 0.15) is 41.5 Å². The number of nitrogens with zero attached hydrogens (tertiary/aromatic N) is 7. The van der Waals surface area contributed by atoms with Crippen molar-refractivity contribution in [3.05, 3.63) is 54.4 Å². The van der Waals surface area contributed by atoms with Crippen LogP contribution in [0.1, 0.15) is 17.5 Å². The topological polar surface area (TPSA) is 148 Å². The van der Waals surface area contributed by atoms with Gasteiger partial charge in [-0.1, -0.05) is 6.07 Å². The molecule has 1 aliphatic heterocycles. The van der Waals surface area contributed by atoms with Crippen molar-refractivity contribution in [2.24, 2.45) is 7.05 Å². The molecule has 1 aliphatic rings. The number of ether oxygens (including phenoxy) is 3. The fraction of sp³-hybridized carbons (Fsp3) is 0.318. The third-order valence-corrected chi connectivity index (χ3v) is 7.48. The number of aromatic nitrogens is 7. The van der Waals surface area contributed by atoms with Gasteiger partial charge < -0.3 is 14.2 Å². The minimum Gasteiger partial charge on any atom is -0.494 e. The molecule has 0 unspecified atom stereocenters. The molecule has 2 atom stereocenters. The number of hydrogen-bond donors (Lipinski definition) is 1. The predicted molar refractivity (Wildman–Crippen MR) is 128 cm³/mol. The molecule has 5 rings (SSSR count). The highest BCUT2D eigenvalue weighted by Gasteiger charge is 2.41. The zero-order chi connectivity index (χ0) is 25.4. The summed E-state index contributed by atoms with van der Waals surface area (Å²) in [6, 6.07) is 7.09. The van der Waals surface area contributed by atoms with Crippen LogP contribution >= 0.6 is 0 Å². The molecule has 1 N–H and O–H groups in total. The first-order valence-electron chi connectivity index (χ1n) is 10.9. The van der Waals surface area contributed by atoms with Gasteiger partial charge in [0, 0.05) is 32.1 Å². The average Bonchev–Trinajstić information content (AvgIpc) is 3.47. The third-order valence-electron chi connectivity index (χ3n) is 5.83. The van der Waals surface area contributed by atoms with Gasteiger partial charge in [-0.3, -0.25) is 19.0 Å². The summed E-state index contributed by atoms with van der Waals surface area (Å²) in [5.41, 5.74) is 1.97. The molecular formula is C22H24N8O5S. The number of benzene rings is 1. The van der Waals surface area contributed by atoms with Gasteiger partial charge in [-0.15, -0.1) is 10.2 Å². The average molecular weight is 513 g/mol. The SMILES string of the molecule is COc1cccc2c1-n1c(nnc1-c1cncc(C)c1)NS(=O)(=O)[C@@H]([C@@H](OC)c1ncnn1C)CO2. The lowest BCUT2D eigenvalue weighted by Gasteiger charge is -2.24. The molecule has 3 aromatic heterocycles. The molecule has 14 heteroatoms. The Labute approximate surface area is 207 Å². The second-order valence-electron chi connectivity index (χ2n) is 8.14. The maximum Gasteiger partial charge on any atom is 0.244 e. The molecule has 0 saturated heterocycles. The van der Waals surface area contributed by atoms with Crippen molar-refractivity contribution in [1.29, 1.82) is 0 Å². The Morgan fingerprint density at radius 2 is 2.06 bits per heavy atom. The Kier molecular flexibility index (Phi) is 6.05. The number of sulfonamides is 1. The number of rotatable bonds is 5. The Hall–Kier alpha value is -4.04. The van der Waals surface area contributed by atoms with Crippen LogP contribution in [-0.2, 0) is 21.8 Å². The van der Waals surface area contributed by atoms with Gasteiger partial charge >= 0.3 is 0 Å². The minimum atomic E-state index is -4.15. The summed E-state index contributed by atoms with van der Waals surface area (Å²) in [6.07, 6.45) is 3.68. The molecule has 0 fully saturated rings. The lowest BCUT2D eigenvalue weighted by molar-refractivity contribution is 0.0747. The molecule has 0 amide bonds. The van der Waals surface area contributed by atoms with E-state index in [4.69, 9.17) is 14.2 Å². The lowest BCUT2D eigenvalue weighted by atomic mass is 10.2. The Bertz CT molecular complexity index is 1520. The smallest absolute Gasteiger partial charge is 0.244 e. The predicted octanol–water partition coefficient (Wildman–Crippen LogP) is 1.67. The second-order valence-corrected chi connectivity index (χ2v) is 10.0. The molecular weight excluding hydrogens is 488 g/mol. The first kappa shape index (κ1) is 23.7. The van der Waals surface area contributed by atoms with E-state index in [1.54, 1.807) is 42.2 Å². The van der Waals surface area contributed by atoms with Crippen molar-refractivity contribution in [2.45, 2.75) is 18.3 Å². The van der Waals surface area contributed by atoms with Crippen molar-refractivity contribution in [3.63, 3.8) is 0 Å². The molecule has 1 aromatic carbocycles. The van der Waals surface area contributed by atoms with Gasteiger partial charge in [-0.25, -0.2) is 13.4 Å². The van der Waals surface area contributed by atoms with Crippen LogP contribution in [0.3, 0.4) is 0 Å². The quantitative estimate of drug-likeness (QED) is 0.418. The highest BCUT2D eigenvalue weighted by Crippen LogP contribution is 2.40. The van der Waals surface area contributed by atoms with E-state index >= 15 is 0 Å². The van der Waals surface area contributed by atoms with Gasteiger partial charge in [0.25, 0.3) is 0 Å². The Morgan fingerprint density at radius 1 is 1.22 bits per heavy atom. The zero-order valence-corrected chi connectivity index (χ0v) is 20.8. The Balaban J connectivity index is 1.73. The van der Waals surface area contributed by atoms with E-state index in [2.05, 4.69) is 30.0 Å². The fourth-order valence-electron chi connectivity index (χ4n) is 4.13. The van der Waals surface area contributed by atoms with E-state index < -0.39 is 21.4 Å². The minimum absolute atomic E-state index is 0.0411. The molecule has 36 heavy (non-hydrogen) atoms. The third kappa shape index (κ3) is 4.03. The number of pyridine rings is 1. The summed E-state index contributed by atoms with van der Waals surface area (Å²) in [7, 11) is 0.429. The summed E-state index contributed by atoms with van der Waals surface area (Å²) in [5.74, 6) is 1.45. The van der Waals surface area contributed by atoms with Gasteiger partial charge in [-0.2, -0.15) is 5.10 Å². The van der Waals surface area contributed by atoms with Gasteiger partial charge in [0.2, 0.25) is 16.0 Å². The van der Waals surface area contributed by atoms with Crippen LogP contribution in [0.4, 0.5) is 5.95 Å². The molecule has 0 radical (unpaired) electrons. The Morgan fingerprint density at radius 3 is 2.75 bits per heavy atom. The number of nitrogens with one attached hydrogen (secondary N) is 1. The summed E-state index contributed by atoms with van der Waals surface area (Å²) in [4.78, 5) is 8.44. The van der Waals surface area contributed by atoms with E-state index in [1.807, 2.05) is 13.0 Å². The van der Waals surface area contributed by atoms with E-state index in [1.165, 1.54) is 25.2 Å². The molecule has 0 bridgehead atoms. The zero-order valence-electron chi connectivity index (χ0n) is 20.0. The van der Waals surface area contributed by atoms with Crippen LogP contribution in [0, 0.1) is 6.92 Å². The summed E-state index contributed by atoms with van der Waals surface area (Å²) < 4.78 is 50.4. The van der Waals surface area contributed by atoms with Crippen molar-refractivity contribution in [1.82, 2.24) is 34.5 Å². The van der Waals surface area contributed by atoms with E-state index in [9.17, 15) is 8.42 Å². The summed E-state index contributed by atoms with van der Waals surface area (Å²) >= 11 is 0. The van der Waals surface area contributed by atoms with Crippen LogP contribution in [0.2, 0.25) is 0 Å². The van der Waals surface area contributed by atoms with Crippen LogP contribution in [-0.4, -0.2) is 69.0 Å². The van der Waals surface area contributed by atoms with Crippen molar-refractivity contribution in [3.8, 4) is 28.6 Å². The second kappa shape index (κ2) is 9.20. The number of para-hydroxylation sites is 1. The van der Waals surface area contributed by atoms with E-state index in [-0.39, 0.29) is 12.6 Å². The maximum atomic E-state index is 13.7. The number of fused-ring (bicyclic) bond motifs is 3. The molecule has 13 nitrogen and oxygen atoms in total. The highest BCUT2D eigenvalue weighted by atomic mass is 32.2. The number of methoxy groups -OCH3 is 2. The summed E-state index contributed by atoms with van der Waals surface area (Å²) in [5, 5.41) is 11.3. The molecule has 4 heterocycles. The molecule has 188 valence electrons. The van der Waals surface area contributed by atoms with Gasteiger partial charge in [-0.05, 0) is 30.7 Å². The van der Waals surface area contributed by atoms with E-state index in [0.29, 0.717) is 34.4 Å². The standard InChI is InChI=1S/C22H24N8O5S/c1-13-8-14(10-23-9-13)20-26-27-22-28-36(31,32)17(19(34-4)21-24-12-25-29(21)2)11-35-16-7-5-6-15(33-3)18(16)30(20)22/h5-10,12,17,19H,11H2,1-4H3,(H,27,28)/t17-,19-/m1/s1. The number of anilines is 1. The number of aryl methyl sites for hydroxylation is 2. The summed E-state index contributed by atoms with van der Waals surface area (Å²) in [6.45, 7) is 1.65. The van der Waals surface area contributed by atoms with Crippen molar-refractivity contribution < 1.29 is 22.6 Å². The largest absolute Gasteiger partial charge is 0.494 e. The van der Waals surface area contributed by atoms with Gasteiger partial charge in [0.15, 0.2) is 11.6 Å². The monoisotopic (exact) mass is 512 g/mol. The van der Waals surface area contributed by atoms with E-state index in [0.717, 1.165) is 5.56 Å². The number of hydrogen-bond acceptors (Lipinski definition) is 10. The first-order chi connectivity index (χ1) is 17.3. The molecule has 4 aromatic rings. The molecule has 0 saturated carbocycles. The maximum absolute atomic E-state index is 13.7. The van der Waals surface area contributed by atoms with Crippen molar-refractivity contribution in [2.75, 3.05) is 25.5 Å². The normalized spacial score (nSPS) is 17.4. The fourth-order valence-corrected chi connectivity index (χ4v) is 5.47. The van der Waals surface area contributed by atoms with Crippen LogP contribution < -0.4 is 14.2 Å². The van der Waals surface area contributed by atoms with Crippen LogP contribution in [0.15, 0.2) is 43.0 Å². The first-order valence-corrected chi connectivity index (χ1v) is 12.4. The molecule has 0 aliphatic carbocycles. The lowest BCUT2D eigenvalue weighted by Crippen LogP contribution is -2.39.